The highest BCUT2D eigenvalue weighted by Crippen LogP contribution is 2.29. The number of amides is 1. The SMILES string of the molecule is COC[C@H](C)Nc1ncc2c(-c3ccn4ncc(C(=O)N[C@H]5CC[C@H](OC)CC5)c4c3)c[nH]c2n1. The summed E-state index contributed by atoms with van der Waals surface area (Å²) in [6.07, 6.45) is 11.3. The van der Waals surface area contributed by atoms with E-state index in [4.69, 9.17) is 9.47 Å². The molecule has 0 unspecified atom stereocenters. The first-order valence-electron chi connectivity index (χ1n) is 12.0. The average Bonchev–Trinajstić information content (AvgIpc) is 3.48. The topological polar surface area (TPSA) is 118 Å². The van der Waals surface area contributed by atoms with Crippen LogP contribution in [-0.2, 0) is 9.47 Å². The number of H-pyrrole nitrogens is 1. The van der Waals surface area contributed by atoms with E-state index in [9.17, 15) is 4.79 Å². The third-order valence-electron chi connectivity index (χ3n) is 6.64. The molecule has 1 fully saturated rings. The van der Waals surface area contributed by atoms with Crippen LogP contribution in [0.15, 0.2) is 36.9 Å². The number of pyridine rings is 1. The second-order valence-corrected chi connectivity index (χ2v) is 9.15. The number of carbonyl (C=O) groups is 1. The number of hydrogen-bond acceptors (Lipinski definition) is 7. The number of aromatic nitrogens is 5. The smallest absolute Gasteiger partial charge is 0.255 e. The third kappa shape index (κ3) is 4.85. The molecule has 0 spiro atoms. The molecule has 35 heavy (non-hydrogen) atoms. The molecule has 1 aliphatic carbocycles. The van der Waals surface area contributed by atoms with Crippen molar-refractivity contribution in [3.8, 4) is 11.1 Å². The maximum Gasteiger partial charge on any atom is 0.255 e. The molecular weight excluding hydrogens is 446 g/mol. The van der Waals surface area contributed by atoms with Gasteiger partial charge in [0.1, 0.15) is 5.65 Å². The van der Waals surface area contributed by atoms with E-state index < -0.39 is 0 Å². The Labute approximate surface area is 203 Å². The molecular formula is C25H31N7O3. The summed E-state index contributed by atoms with van der Waals surface area (Å²) in [4.78, 5) is 25.4. The minimum Gasteiger partial charge on any atom is -0.383 e. The predicted octanol–water partition coefficient (Wildman–Crippen LogP) is 3.41. The van der Waals surface area contributed by atoms with Gasteiger partial charge in [-0.1, -0.05) is 0 Å². The van der Waals surface area contributed by atoms with Gasteiger partial charge < -0.3 is 25.1 Å². The van der Waals surface area contributed by atoms with E-state index >= 15 is 0 Å². The first-order valence-corrected chi connectivity index (χ1v) is 12.0. The van der Waals surface area contributed by atoms with Gasteiger partial charge in [0.15, 0.2) is 0 Å². The summed E-state index contributed by atoms with van der Waals surface area (Å²) < 4.78 is 12.3. The number of fused-ring (bicyclic) bond motifs is 2. The van der Waals surface area contributed by atoms with Crippen LogP contribution in [0.3, 0.4) is 0 Å². The van der Waals surface area contributed by atoms with E-state index in [-0.39, 0.29) is 18.0 Å². The van der Waals surface area contributed by atoms with Crippen LogP contribution in [0.2, 0.25) is 0 Å². The standard InChI is InChI=1S/C25H31N7O3/c1-15(14-34-2)29-25-27-12-20-19(11-26-23(20)31-25)16-8-9-32-22(10-16)21(13-28-32)24(33)30-17-4-6-18(35-3)7-5-17/h8-13,15,17-18H,4-7,14H2,1-3H3,(H,30,33)(H2,26,27,29,31)/t15-,17-,18-/m0/s1. The summed E-state index contributed by atoms with van der Waals surface area (Å²) in [5, 5.41) is 11.7. The van der Waals surface area contributed by atoms with Gasteiger partial charge in [0.2, 0.25) is 5.95 Å². The van der Waals surface area contributed by atoms with Gasteiger partial charge >= 0.3 is 0 Å². The summed E-state index contributed by atoms with van der Waals surface area (Å²) in [5.41, 5.74) is 3.98. The number of hydrogen-bond donors (Lipinski definition) is 3. The number of nitrogens with zero attached hydrogens (tertiary/aromatic N) is 4. The van der Waals surface area contributed by atoms with Gasteiger partial charge in [0.25, 0.3) is 5.91 Å². The largest absolute Gasteiger partial charge is 0.383 e. The number of carbonyl (C=O) groups excluding carboxylic acids is 1. The van der Waals surface area contributed by atoms with Gasteiger partial charge in [-0.2, -0.15) is 10.1 Å². The van der Waals surface area contributed by atoms with Crippen molar-refractivity contribution in [2.75, 3.05) is 26.1 Å². The van der Waals surface area contributed by atoms with Crippen LogP contribution < -0.4 is 10.6 Å². The highest BCUT2D eigenvalue weighted by atomic mass is 16.5. The van der Waals surface area contributed by atoms with Crippen molar-refractivity contribution in [3.05, 3.63) is 42.5 Å². The summed E-state index contributed by atoms with van der Waals surface area (Å²) in [6.45, 7) is 2.57. The second-order valence-electron chi connectivity index (χ2n) is 9.15. The lowest BCUT2D eigenvalue weighted by Crippen LogP contribution is -2.38. The molecule has 4 aromatic heterocycles. The van der Waals surface area contributed by atoms with Crippen molar-refractivity contribution in [1.82, 2.24) is 29.9 Å². The molecule has 184 valence electrons. The first kappa shape index (κ1) is 23.3. The summed E-state index contributed by atoms with van der Waals surface area (Å²) >= 11 is 0. The molecule has 0 radical (unpaired) electrons. The molecule has 0 aromatic carbocycles. The molecule has 4 heterocycles. The second kappa shape index (κ2) is 10.0. The molecule has 5 rings (SSSR count). The van der Waals surface area contributed by atoms with Gasteiger partial charge in [-0.15, -0.1) is 0 Å². The number of ether oxygens (including phenoxy) is 2. The zero-order valence-electron chi connectivity index (χ0n) is 20.2. The van der Waals surface area contributed by atoms with Crippen molar-refractivity contribution in [3.63, 3.8) is 0 Å². The summed E-state index contributed by atoms with van der Waals surface area (Å²) in [5.74, 6) is 0.446. The molecule has 0 aliphatic heterocycles. The van der Waals surface area contributed by atoms with Crippen LogP contribution in [0, 0.1) is 0 Å². The lowest BCUT2D eigenvalue weighted by atomic mass is 9.93. The fourth-order valence-electron chi connectivity index (χ4n) is 4.76. The van der Waals surface area contributed by atoms with Crippen LogP contribution in [0.4, 0.5) is 5.95 Å². The molecule has 10 nitrogen and oxygen atoms in total. The molecule has 0 saturated heterocycles. The minimum absolute atomic E-state index is 0.0933. The highest BCUT2D eigenvalue weighted by molar-refractivity contribution is 6.02. The maximum atomic E-state index is 13.1. The Bertz CT molecular complexity index is 1320. The molecule has 3 N–H and O–H groups in total. The molecule has 0 bridgehead atoms. The van der Waals surface area contributed by atoms with Crippen LogP contribution in [0.1, 0.15) is 43.0 Å². The molecule has 4 aromatic rings. The Balaban J connectivity index is 1.38. The van der Waals surface area contributed by atoms with Crippen LogP contribution in [0.25, 0.3) is 27.7 Å². The van der Waals surface area contributed by atoms with Crippen molar-refractivity contribution in [2.24, 2.45) is 0 Å². The lowest BCUT2D eigenvalue weighted by Gasteiger charge is -2.28. The molecule has 1 saturated carbocycles. The van der Waals surface area contributed by atoms with E-state index in [2.05, 4.69) is 30.7 Å². The zero-order valence-corrected chi connectivity index (χ0v) is 20.2. The number of rotatable bonds is 8. The molecule has 1 atom stereocenters. The van der Waals surface area contributed by atoms with Gasteiger partial charge in [-0.05, 0) is 50.3 Å². The molecule has 1 aliphatic rings. The monoisotopic (exact) mass is 477 g/mol. The highest BCUT2D eigenvalue weighted by Gasteiger charge is 2.24. The fraction of sp³-hybridized carbons (Fsp3) is 0.440. The van der Waals surface area contributed by atoms with Gasteiger partial charge in [0, 0.05) is 55.8 Å². The van der Waals surface area contributed by atoms with E-state index in [1.165, 1.54) is 0 Å². The van der Waals surface area contributed by atoms with Crippen LogP contribution in [-0.4, -0.2) is 69.5 Å². The Morgan fingerprint density at radius 1 is 1.26 bits per heavy atom. The Kier molecular flexibility index (Phi) is 6.65. The van der Waals surface area contributed by atoms with E-state index in [1.54, 1.807) is 31.1 Å². The van der Waals surface area contributed by atoms with Crippen molar-refractivity contribution in [1.29, 1.82) is 0 Å². The number of anilines is 1. The molecule has 10 heteroatoms. The molecule has 1 amide bonds. The van der Waals surface area contributed by atoms with E-state index in [0.717, 1.165) is 53.4 Å². The zero-order chi connectivity index (χ0) is 24.4. The quantitative estimate of drug-likeness (QED) is 0.356. The fourth-order valence-corrected chi connectivity index (χ4v) is 4.76. The van der Waals surface area contributed by atoms with Crippen molar-refractivity contribution < 1.29 is 14.3 Å². The number of methoxy groups -OCH3 is 2. The first-order chi connectivity index (χ1) is 17.1. The number of nitrogens with one attached hydrogen (secondary N) is 3. The average molecular weight is 478 g/mol. The van der Waals surface area contributed by atoms with Gasteiger partial charge in [-0.25, -0.2) is 9.50 Å². The maximum absolute atomic E-state index is 13.1. The lowest BCUT2D eigenvalue weighted by molar-refractivity contribution is 0.0599. The van der Waals surface area contributed by atoms with Crippen LogP contribution >= 0.6 is 0 Å². The van der Waals surface area contributed by atoms with Crippen molar-refractivity contribution in [2.45, 2.75) is 50.8 Å². The van der Waals surface area contributed by atoms with Gasteiger partial charge in [0.05, 0.1) is 30.0 Å². The number of aromatic amines is 1. The Morgan fingerprint density at radius 3 is 2.86 bits per heavy atom. The summed E-state index contributed by atoms with van der Waals surface area (Å²) in [7, 11) is 3.41. The van der Waals surface area contributed by atoms with Crippen LogP contribution in [0.5, 0.6) is 0 Å². The predicted molar refractivity (Wildman–Crippen MR) is 134 cm³/mol. The normalized spacial score (nSPS) is 19.2. The van der Waals surface area contributed by atoms with Gasteiger partial charge in [-0.3, -0.25) is 4.79 Å². The van der Waals surface area contributed by atoms with E-state index in [0.29, 0.717) is 24.2 Å². The van der Waals surface area contributed by atoms with E-state index in [1.807, 2.05) is 31.5 Å². The third-order valence-corrected chi connectivity index (χ3v) is 6.64. The summed E-state index contributed by atoms with van der Waals surface area (Å²) in [6, 6.07) is 4.21. The van der Waals surface area contributed by atoms with Crippen molar-refractivity contribution >= 4 is 28.4 Å². The Hall–Kier alpha value is -3.50. The Morgan fingerprint density at radius 2 is 2.09 bits per heavy atom. The minimum atomic E-state index is -0.0961.